The number of fused-ring (bicyclic) bond motifs is 1. The first-order valence-electron chi connectivity index (χ1n) is 11.2. The Hall–Kier alpha value is -2.68. The number of aromatic nitrogens is 1. The molecule has 1 heterocycles. The number of ketones is 1. The number of hydrogen-bond acceptors (Lipinski definition) is 3. The molecule has 0 aliphatic heterocycles. The summed E-state index contributed by atoms with van der Waals surface area (Å²) in [4.78, 5) is 17.7. The lowest BCUT2D eigenvalue weighted by Crippen LogP contribution is -2.24. The average Bonchev–Trinajstić information content (AvgIpc) is 2.73. The molecule has 3 nitrogen and oxygen atoms in total. The van der Waals surface area contributed by atoms with Gasteiger partial charge in [0.25, 0.3) is 0 Å². The van der Waals surface area contributed by atoms with Gasteiger partial charge in [0.05, 0.1) is 16.8 Å². The van der Waals surface area contributed by atoms with Crippen LogP contribution >= 0.6 is 0 Å². The molecule has 1 aromatic heterocycles. The zero-order valence-electron chi connectivity index (χ0n) is 18.6. The van der Waals surface area contributed by atoms with E-state index in [0.29, 0.717) is 6.04 Å². The first-order chi connectivity index (χ1) is 14.4. The van der Waals surface area contributed by atoms with Crippen molar-refractivity contribution in [2.45, 2.75) is 65.8 Å². The number of hydrogen-bond donors (Lipinski definition) is 1. The first kappa shape index (κ1) is 20.6. The van der Waals surface area contributed by atoms with Crippen LogP contribution in [0, 0.1) is 19.8 Å². The highest BCUT2D eigenvalue weighted by Crippen LogP contribution is 2.34. The summed E-state index contributed by atoms with van der Waals surface area (Å²) in [6.45, 7) is 8.19. The van der Waals surface area contributed by atoms with Crippen LogP contribution in [0.25, 0.3) is 22.0 Å². The lowest BCUT2D eigenvalue weighted by molar-refractivity contribution is 0.0940. The van der Waals surface area contributed by atoms with E-state index in [0.717, 1.165) is 40.6 Å². The van der Waals surface area contributed by atoms with Crippen molar-refractivity contribution >= 4 is 22.4 Å². The number of benzene rings is 2. The van der Waals surface area contributed by atoms with Crippen LogP contribution in [0.3, 0.4) is 0 Å². The second-order valence-electron chi connectivity index (χ2n) is 9.15. The molecule has 156 valence electrons. The summed E-state index contributed by atoms with van der Waals surface area (Å²) in [5.41, 5.74) is 7.51. The quantitative estimate of drug-likeness (QED) is 0.464. The molecular weight excluding hydrogens is 368 g/mol. The Bertz CT molecular complexity index is 1060. The van der Waals surface area contributed by atoms with Crippen molar-refractivity contribution in [2.75, 3.05) is 5.32 Å². The molecule has 1 aliphatic carbocycles. The van der Waals surface area contributed by atoms with Crippen LogP contribution in [-0.4, -0.2) is 16.8 Å². The van der Waals surface area contributed by atoms with E-state index in [1.165, 1.54) is 36.0 Å². The standard InChI is InChI=1S/C27H32N2O/c1-17(2)27(30)24-16-28-25-11-10-20(21-13-18(3)12-19(4)14-21)15-23(25)26(24)29-22-8-6-5-7-9-22/h10-17,22H,5-9H2,1-4H3,(H,28,29). The minimum Gasteiger partial charge on any atom is -0.381 e. The molecule has 0 atom stereocenters. The second kappa shape index (κ2) is 8.59. The Kier molecular flexibility index (Phi) is 5.90. The van der Waals surface area contributed by atoms with E-state index in [9.17, 15) is 4.79 Å². The molecule has 3 aromatic rings. The SMILES string of the molecule is Cc1cc(C)cc(-c2ccc3ncc(C(=O)C(C)C)c(NC4CCCCC4)c3c2)c1. The van der Waals surface area contributed by atoms with Gasteiger partial charge in [0, 0.05) is 23.5 Å². The zero-order valence-corrected chi connectivity index (χ0v) is 18.6. The number of carbonyl (C=O) groups is 1. The predicted octanol–water partition coefficient (Wildman–Crippen LogP) is 7.10. The summed E-state index contributed by atoms with van der Waals surface area (Å²) in [5, 5.41) is 4.81. The molecule has 2 aromatic carbocycles. The molecule has 0 bridgehead atoms. The summed E-state index contributed by atoms with van der Waals surface area (Å²) in [6, 6.07) is 13.5. The van der Waals surface area contributed by atoms with Crippen LogP contribution in [-0.2, 0) is 0 Å². The smallest absolute Gasteiger partial charge is 0.169 e. The number of Topliss-reactive ketones (excluding diaryl/α,β-unsaturated/α-hetero) is 1. The van der Waals surface area contributed by atoms with Gasteiger partial charge in [0.1, 0.15) is 0 Å². The molecule has 0 saturated heterocycles. The van der Waals surface area contributed by atoms with E-state index in [2.05, 4.69) is 60.5 Å². The fraction of sp³-hybridized carbons (Fsp3) is 0.407. The van der Waals surface area contributed by atoms with E-state index in [1.807, 2.05) is 13.8 Å². The molecule has 4 rings (SSSR count). The van der Waals surface area contributed by atoms with Crippen molar-refractivity contribution in [2.24, 2.45) is 5.92 Å². The fourth-order valence-electron chi connectivity index (χ4n) is 4.62. The molecule has 0 amide bonds. The first-order valence-corrected chi connectivity index (χ1v) is 11.2. The molecule has 0 unspecified atom stereocenters. The molecular formula is C27H32N2O. The summed E-state index contributed by atoms with van der Waals surface area (Å²) >= 11 is 0. The largest absolute Gasteiger partial charge is 0.381 e. The van der Waals surface area contributed by atoms with E-state index in [1.54, 1.807) is 6.20 Å². The summed E-state index contributed by atoms with van der Waals surface area (Å²) in [5.74, 6) is 0.0956. The van der Waals surface area contributed by atoms with E-state index >= 15 is 0 Å². The van der Waals surface area contributed by atoms with Gasteiger partial charge in [-0.2, -0.15) is 0 Å². The Morgan fingerprint density at radius 3 is 2.33 bits per heavy atom. The number of nitrogens with one attached hydrogen (secondary N) is 1. The molecule has 1 N–H and O–H groups in total. The maximum absolute atomic E-state index is 13.0. The van der Waals surface area contributed by atoms with Crippen molar-refractivity contribution in [3.05, 3.63) is 59.3 Å². The monoisotopic (exact) mass is 400 g/mol. The number of aryl methyl sites for hydroxylation is 2. The molecule has 30 heavy (non-hydrogen) atoms. The van der Waals surface area contributed by atoms with Crippen LogP contribution in [0.15, 0.2) is 42.6 Å². The van der Waals surface area contributed by atoms with Gasteiger partial charge in [-0.05, 0) is 49.9 Å². The Morgan fingerprint density at radius 1 is 0.967 bits per heavy atom. The third kappa shape index (κ3) is 4.26. The van der Waals surface area contributed by atoms with Gasteiger partial charge < -0.3 is 5.32 Å². The van der Waals surface area contributed by atoms with Crippen molar-refractivity contribution in [3.63, 3.8) is 0 Å². The topological polar surface area (TPSA) is 42.0 Å². The Labute approximate surface area is 179 Å². The Morgan fingerprint density at radius 2 is 1.67 bits per heavy atom. The van der Waals surface area contributed by atoms with Gasteiger partial charge in [-0.15, -0.1) is 0 Å². The minimum atomic E-state index is -0.0567. The van der Waals surface area contributed by atoms with E-state index in [4.69, 9.17) is 0 Å². The second-order valence-corrected chi connectivity index (χ2v) is 9.15. The highest BCUT2D eigenvalue weighted by Gasteiger charge is 2.22. The average molecular weight is 401 g/mol. The van der Waals surface area contributed by atoms with Gasteiger partial charge in [-0.3, -0.25) is 9.78 Å². The number of pyridine rings is 1. The lowest BCUT2D eigenvalue weighted by Gasteiger charge is -2.26. The van der Waals surface area contributed by atoms with Gasteiger partial charge in [0.2, 0.25) is 0 Å². The normalized spacial score (nSPS) is 15.0. The van der Waals surface area contributed by atoms with Gasteiger partial charge >= 0.3 is 0 Å². The maximum atomic E-state index is 13.0. The van der Waals surface area contributed by atoms with Crippen LogP contribution in [0.1, 0.15) is 67.4 Å². The van der Waals surface area contributed by atoms with Crippen LogP contribution in [0.4, 0.5) is 5.69 Å². The molecule has 0 radical (unpaired) electrons. The number of anilines is 1. The van der Waals surface area contributed by atoms with E-state index < -0.39 is 0 Å². The maximum Gasteiger partial charge on any atom is 0.169 e. The number of nitrogens with zero attached hydrogens (tertiary/aromatic N) is 1. The third-order valence-corrected chi connectivity index (χ3v) is 6.17. The van der Waals surface area contributed by atoms with Crippen molar-refractivity contribution < 1.29 is 4.79 Å². The molecule has 1 saturated carbocycles. The van der Waals surface area contributed by atoms with Crippen molar-refractivity contribution in [3.8, 4) is 11.1 Å². The van der Waals surface area contributed by atoms with Crippen LogP contribution < -0.4 is 5.32 Å². The van der Waals surface area contributed by atoms with Crippen molar-refractivity contribution in [1.29, 1.82) is 0 Å². The van der Waals surface area contributed by atoms with Gasteiger partial charge in [0.15, 0.2) is 5.78 Å². The number of carbonyl (C=O) groups excluding carboxylic acids is 1. The number of rotatable bonds is 5. The van der Waals surface area contributed by atoms with Crippen LogP contribution in [0.5, 0.6) is 0 Å². The summed E-state index contributed by atoms with van der Waals surface area (Å²) < 4.78 is 0. The van der Waals surface area contributed by atoms with E-state index in [-0.39, 0.29) is 11.7 Å². The summed E-state index contributed by atoms with van der Waals surface area (Å²) in [6.07, 6.45) is 7.91. The summed E-state index contributed by atoms with van der Waals surface area (Å²) in [7, 11) is 0. The molecule has 3 heteroatoms. The minimum absolute atomic E-state index is 0.0567. The van der Waals surface area contributed by atoms with Crippen LogP contribution in [0.2, 0.25) is 0 Å². The highest BCUT2D eigenvalue weighted by atomic mass is 16.1. The molecule has 1 aliphatic rings. The van der Waals surface area contributed by atoms with Gasteiger partial charge in [-0.25, -0.2) is 0 Å². The van der Waals surface area contributed by atoms with Crippen molar-refractivity contribution in [1.82, 2.24) is 4.98 Å². The lowest BCUT2D eigenvalue weighted by atomic mass is 9.92. The van der Waals surface area contributed by atoms with Gasteiger partial charge in [-0.1, -0.05) is 68.5 Å². The Balaban J connectivity index is 1.87. The third-order valence-electron chi connectivity index (χ3n) is 6.17. The zero-order chi connectivity index (χ0) is 21.3. The predicted molar refractivity (Wildman–Crippen MR) is 126 cm³/mol. The molecule has 1 fully saturated rings. The highest BCUT2D eigenvalue weighted by molar-refractivity contribution is 6.09. The fourth-order valence-corrected chi connectivity index (χ4v) is 4.62. The molecule has 0 spiro atoms.